The average Bonchev–Trinajstić information content (AvgIpc) is 2.04. The van der Waals surface area contributed by atoms with Gasteiger partial charge in [-0.15, -0.1) is 2.52 Å². The molecule has 0 radical (unpaired) electrons. The second kappa shape index (κ2) is 4.24. The molecule has 0 bridgehead atoms. The van der Waals surface area contributed by atoms with Crippen molar-refractivity contribution < 1.29 is 8.42 Å². The van der Waals surface area contributed by atoms with E-state index >= 15 is 0 Å². The Labute approximate surface area is 99.8 Å². The van der Waals surface area contributed by atoms with Crippen LogP contribution in [0.3, 0.4) is 0 Å². The van der Waals surface area contributed by atoms with Crippen LogP contribution in [0.5, 0.6) is 0 Å². The number of hydrogen-bond donors (Lipinski definition) is 0. The van der Waals surface area contributed by atoms with Crippen molar-refractivity contribution in [3.05, 3.63) is 28.7 Å². The van der Waals surface area contributed by atoms with Crippen LogP contribution < -0.4 is 0 Å². The molecule has 0 N–H and O–H groups in total. The van der Waals surface area contributed by atoms with Gasteiger partial charge < -0.3 is 0 Å². The number of benzene rings is 1. The standard InChI is InChI=1S/C7H7BrINO2S/c1-10(9)13(11,12)7-4-2-6(8)3-5-7/h2-5H,1H3. The molecule has 6 heteroatoms. The van der Waals surface area contributed by atoms with Gasteiger partial charge in [0, 0.05) is 34.4 Å². The van der Waals surface area contributed by atoms with Crippen LogP contribution in [0.15, 0.2) is 33.6 Å². The fourth-order valence-corrected chi connectivity index (χ4v) is 2.47. The van der Waals surface area contributed by atoms with Gasteiger partial charge in [-0.2, -0.15) is 0 Å². The number of nitrogens with zero attached hydrogens (tertiary/aromatic N) is 1. The maximum absolute atomic E-state index is 11.5. The largest absolute Gasteiger partial charge is 0.251 e. The lowest BCUT2D eigenvalue weighted by Gasteiger charge is -2.08. The fourth-order valence-electron chi connectivity index (χ4n) is 0.752. The zero-order valence-corrected chi connectivity index (χ0v) is 11.3. The third-order valence-corrected chi connectivity index (χ3v) is 5.06. The predicted molar refractivity (Wildman–Crippen MR) is 63.1 cm³/mol. The maximum Gasteiger partial charge on any atom is 0.251 e. The van der Waals surface area contributed by atoms with E-state index in [0.717, 1.165) is 6.99 Å². The van der Waals surface area contributed by atoms with E-state index < -0.39 is 10.0 Å². The minimum absolute atomic E-state index is 0.299. The first-order chi connectivity index (χ1) is 5.94. The number of rotatable bonds is 2. The Morgan fingerprint density at radius 1 is 1.31 bits per heavy atom. The number of sulfonamides is 1. The molecule has 13 heavy (non-hydrogen) atoms. The van der Waals surface area contributed by atoms with E-state index in [0.29, 0.717) is 4.90 Å². The molecule has 1 aromatic carbocycles. The summed E-state index contributed by atoms with van der Waals surface area (Å²) in [5, 5.41) is 0. The van der Waals surface area contributed by atoms with Crippen molar-refractivity contribution in [2.45, 2.75) is 4.90 Å². The molecule has 0 aliphatic carbocycles. The van der Waals surface area contributed by atoms with Crippen LogP contribution in [0.4, 0.5) is 0 Å². The van der Waals surface area contributed by atoms with Crippen LogP contribution in [-0.2, 0) is 10.0 Å². The summed E-state index contributed by atoms with van der Waals surface area (Å²) in [6.07, 6.45) is 0. The molecule has 0 spiro atoms. The molecule has 0 aromatic heterocycles. The van der Waals surface area contributed by atoms with Crippen molar-refractivity contribution in [1.29, 1.82) is 0 Å². The lowest BCUT2D eigenvalue weighted by Crippen LogP contribution is -2.16. The summed E-state index contributed by atoms with van der Waals surface area (Å²) in [5.74, 6) is 0. The summed E-state index contributed by atoms with van der Waals surface area (Å²) in [5.41, 5.74) is 0. The lowest BCUT2D eigenvalue weighted by atomic mass is 10.4. The summed E-state index contributed by atoms with van der Waals surface area (Å²) in [6, 6.07) is 6.53. The summed E-state index contributed by atoms with van der Waals surface area (Å²) in [4.78, 5) is 0.299. The van der Waals surface area contributed by atoms with Gasteiger partial charge in [-0.05, 0) is 24.3 Å². The molecule has 72 valence electrons. The highest BCUT2D eigenvalue weighted by molar-refractivity contribution is 14.1. The second-order valence-corrected chi connectivity index (χ2v) is 7.34. The van der Waals surface area contributed by atoms with Crippen LogP contribution in [0.1, 0.15) is 0 Å². The third-order valence-electron chi connectivity index (χ3n) is 1.44. The first kappa shape index (κ1) is 11.4. The molecule has 0 heterocycles. The molecule has 0 atom stereocenters. The molecule has 0 unspecified atom stereocenters. The highest BCUT2D eigenvalue weighted by Crippen LogP contribution is 2.19. The van der Waals surface area contributed by atoms with Gasteiger partial charge in [0.2, 0.25) is 0 Å². The van der Waals surface area contributed by atoms with Gasteiger partial charge in [0.15, 0.2) is 0 Å². The predicted octanol–water partition coefficient (Wildman–Crippen LogP) is 2.42. The molecular formula is C7H7BrINO2S. The quantitative estimate of drug-likeness (QED) is 0.588. The highest BCUT2D eigenvalue weighted by Gasteiger charge is 2.17. The van der Waals surface area contributed by atoms with Gasteiger partial charge in [-0.25, -0.2) is 8.42 Å². The average molecular weight is 376 g/mol. The van der Waals surface area contributed by atoms with E-state index in [1.54, 1.807) is 47.1 Å². The maximum atomic E-state index is 11.5. The Balaban J connectivity index is 3.17. The van der Waals surface area contributed by atoms with Crippen molar-refractivity contribution in [1.82, 2.24) is 2.52 Å². The van der Waals surface area contributed by atoms with E-state index in [4.69, 9.17) is 0 Å². The Morgan fingerprint density at radius 2 is 1.77 bits per heavy atom. The second-order valence-electron chi connectivity index (χ2n) is 2.35. The molecule has 1 aromatic rings. The van der Waals surface area contributed by atoms with Gasteiger partial charge in [0.05, 0.1) is 4.90 Å². The van der Waals surface area contributed by atoms with E-state index in [9.17, 15) is 8.42 Å². The van der Waals surface area contributed by atoms with Crippen molar-refractivity contribution in [3.8, 4) is 0 Å². The first-order valence-electron chi connectivity index (χ1n) is 3.35. The molecule has 1 rings (SSSR count). The molecule has 0 amide bonds. The molecule has 0 saturated carbocycles. The van der Waals surface area contributed by atoms with E-state index in [1.807, 2.05) is 0 Å². The zero-order chi connectivity index (χ0) is 10.1. The summed E-state index contributed by atoms with van der Waals surface area (Å²) in [6.45, 7) is 0. The SMILES string of the molecule is CN(I)S(=O)(=O)c1ccc(Br)cc1. The minimum atomic E-state index is -3.29. The normalized spacial score (nSPS) is 12.0. The van der Waals surface area contributed by atoms with Crippen molar-refractivity contribution in [2.24, 2.45) is 0 Å². The monoisotopic (exact) mass is 375 g/mol. The Hall–Kier alpha value is 0.340. The van der Waals surface area contributed by atoms with Crippen LogP contribution in [-0.4, -0.2) is 18.0 Å². The highest BCUT2D eigenvalue weighted by atomic mass is 127. The van der Waals surface area contributed by atoms with E-state index in [2.05, 4.69) is 15.9 Å². The summed E-state index contributed by atoms with van der Waals surface area (Å²) in [7, 11) is -1.80. The van der Waals surface area contributed by atoms with Gasteiger partial charge in [0.1, 0.15) is 0 Å². The van der Waals surface area contributed by atoms with Crippen LogP contribution in [0.25, 0.3) is 0 Å². The third kappa shape index (κ3) is 2.64. The number of hydrogen-bond acceptors (Lipinski definition) is 2. The van der Waals surface area contributed by atoms with E-state index in [1.165, 1.54) is 7.05 Å². The van der Waals surface area contributed by atoms with Gasteiger partial charge >= 0.3 is 0 Å². The van der Waals surface area contributed by atoms with Crippen molar-refractivity contribution >= 4 is 48.8 Å². The van der Waals surface area contributed by atoms with Gasteiger partial charge in [0.25, 0.3) is 10.0 Å². The fraction of sp³-hybridized carbons (Fsp3) is 0.143. The van der Waals surface area contributed by atoms with Crippen LogP contribution >= 0.6 is 38.8 Å². The van der Waals surface area contributed by atoms with Crippen molar-refractivity contribution in [2.75, 3.05) is 7.05 Å². The summed E-state index contributed by atoms with van der Waals surface area (Å²) >= 11 is 4.97. The zero-order valence-electron chi connectivity index (χ0n) is 6.74. The molecule has 3 nitrogen and oxygen atoms in total. The Kier molecular flexibility index (Phi) is 3.73. The Bertz CT molecular complexity index is 387. The van der Waals surface area contributed by atoms with Crippen molar-refractivity contribution in [3.63, 3.8) is 0 Å². The molecule has 0 saturated heterocycles. The van der Waals surface area contributed by atoms with Crippen LogP contribution in [0, 0.1) is 0 Å². The lowest BCUT2D eigenvalue weighted by molar-refractivity contribution is 0.571. The Morgan fingerprint density at radius 3 is 2.15 bits per heavy atom. The molecule has 0 aliphatic rings. The van der Waals surface area contributed by atoms with Crippen LogP contribution in [0.2, 0.25) is 0 Å². The van der Waals surface area contributed by atoms with Gasteiger partial charge in [-0.3, -0.25) is 0 Å². The van der Waals surface area contributed by atoms with E-state index in [-0.39, 0.29) is 0 Å². The summed E-state index contributed by atoms with van der Waals surface area (Å²) < 4.78 is 25.1. The minimum Gasteiger partial charge on any atom is -0.206 e. The topological polar surface area (TPSA) is 37.4 Å². The first-order valence-corrected chi connectivity index (χ1v) is 6.54. The van der Waals surface area contributed by atoms with Gasteiger partial charge in [-0.1, -0.05) is 15.9 Å². The molecular weight excluding hydrogens is 369 g/mol. The smallest absolute Gasteiger partial charge is 0.206 e. The molecule has 0 aliphatic heterocycles. The molecule has 0 fully saturated rings. The number of halogens is 2.